The summed E-state index contributed by atoms with van der Waals surface area (Å²) in [6.07, 6.45) is 3.43. The lowest BCUT2D eigenvalue weighted by Gasteiger charge is -2.14. The molecule has 0 amide bonds. The van der Waals surface area contributed by atoms with Crippen LogP contribution in [0.15, 0.2) is 58.2 Å². The summed E-state index contributed by atoms with van der Waals surface area (Å²) in [5.74, 6) is 1.58. The SMILES string of the molecule is COc1cccc(C=Nn2cc(C)nc2N)c1OCc1ccccc1Br. The largest absolute Gasteiger partial charge is 0.493 e. The lowest BCUT2D eigenvalue weighted by Crippen LogP contribution is -2.02. The Kier molecular flexibility index (Phi) is 5.58. The van der Waals surface area contributed by atoms with Gasteiger partial charge < -0.3 is 15.2 Å². The zero-order chi connectivity index (χ0) is 18.5. The number of aryl methyl sites for hydroxylation is 1. The van der Waals surface area contributed by atoms with E-state index in [0.717, 1.165) is 21.3 Å². The molecule has 0 atom stereocenters. The van der Waals surface area contributed by atoms with E-state index in [0.29, 0.717) is 24.1 Å². The molecule has 0 radical (unpaired) electrons. The highest BCUT2D eigenvalue weighted by Gasteiger charge is 2.11. The van der Waals surface area contributed by atoms with Crippen molar-refractivity contribution >= 4 is 28.1 Å². The van der Waals surface area contributed by atoms with E-state index in [4.69, 9.17) is 15.2 Å². The zero-order valence-corrected chi connectivity index (χ0v) is 16.1. The summed E-state index contributed by atoms with van der Waals surface area (Å²) < 4.78 is 14.0. The third-order valence-electron chi connectivity index (χ3n) is 3.72. The molecule has 134 valence electrons. The van der Waals surface area contributed by atoms with Crippen molar-refractivity contribution in [3.8, 4) is 11.5 Å². The predicted octanol–water partition coefficient (Wildman–Crippen LogP) is 4.01. The molecule has 1 heterocycles. The molecule has 0 saturated heterocycles. The molecule has 0 spiro atoms. The van der Waals surface area contributed by atoms with Crippen molar-refractivity contribution in [1.29, 1.82) is 0 Å². The minimum Gasteiger partial charge on any atom is -0.493 e. The number of benzene rings is 2. The molecule has 26 heavy (non-hydrogen) atoms. The zero-order valence-electron chi connectivity index (χ0n) is 14.5. The molecule has 3 rings (SSSR count). The molecule has 0 fully saturated rings. The quantitative estimate of drug-likeness (QED) is 0.618. The third-order valence-corrected chi connectivity index (χ3v) is 4.49. The lowest BCUT2D eigenvalue weighted by molar-refractivity contribution is 0.283. The first-order chi connectivity index (χ1) is 12.6. The fraction of sp³-hybridized carbons (Fsp3) is 0.158. The Hall–Kier alpha value is -2.80. The highest BCUT2D eigenvalue weighted by molar-refractivity contribution is 9.10. The monoisotopic (exact) mass is 414 g/mol. The van der Waals surface area contributed by atoms with Gasteiger partial charge in [-0.05, 0) is 25.1 Å². The third kappa shape index (κ3) is 4.05. The van der Waals surface area contributed by atoms with E-state index in [2.05, 4.69) is 26.0 Å². The van der Waals surface area contributed by atoms with Crippen LogP contribution in [0.4, 0.5) is 5.95 Å². The predicted molar refractivity (Wildman–Crippen MR) is 106 cm³/mol. The Balaban J connectivity index is 1.88. The van der Waals surface area contributed by atoms with Crippen LogP contribution in [0.3, 0.4) is 0 Å². The molecular weight excluding hydrogens is 396 g/mol. The summed E-state index contributed by atoms with van der Waals surface area (Å²) in [6.45, 7) is 2.26. The molecular formula is C19H19BrN4O2. The van der Waals surface area contributed by atoms with Crippen LogP contribution >= 0.6 is 15.9 Å². The van der Waals surface area contributed by atoms with E-state index >= 15 is 0 Å². The summed E-state index contributed by atoms with van der Waals surface area (Å²) in [7, 11) is 1.61. The van der Waals surface area contributed by atoms with Crippen molar-refractivity contribution in [2.75, 3.05) is 12.8 Å². The van der Waals surface area contributed by atoms with Crippen LogP contribution in [0.5, 0.6) is 11.5 Å². The summed E-state index contributed by atoms with van der Waals surface area (Å²) in [5.41, 5.74) is 8.45. The number of aromatic nitrogens is 2. The van der Waals surface area contributed by atoms with Crippen LogP contribution in [-0.4, -0.2) is 23.0 Å². The molecule has 1 aromatic heterocycles. The maximum atomic E-state index is 6.05. The van der Waals surface area contributed by atoms with E-state index in [1.54, 1.807) is 19.5 Å². The van der Waals surface area contributed by atoms with Crippen molar-refractivity contribution in [1.82, 2.24) is 9.66 Å². The van der Waals surface area contributed by atoms with Crippen LogP contribution in [0.1, 0.15) is 16.8 Å². The first kappa shape index (κ1) is 18.0. The summed E-state index contributed by atoms with van der Waals surface area (Å²) in [5, 5.41) is 4.36. The van der Waals surface area contributed by atoms with Gasteiger partial charge in [0.15, 0.2) is 11.5 Å². The van der Waals surface area contributed by atoms with Crippen LogP contribution < -0.4 is 15.2 Å². The van der Waals surface area contributed by atoms with E-state index < -0.39 is 0 Å². The molecule has 3 aromatic rings. The second-order valence-corrected chi connectivity index (χ2v) is 6.44. The van der Waals surface area contributed by atoms with Crippen molar-refractivity contribution in [3.63, 3.8) is 0 Å². The lowest BCUT2D eigenvalue weighted by atomic mass is 10.2. The van der Waals surface area contributed by atoms with E-state index in [1.165, 1.54) is 4.68 Å². The summed E-state index contributed by atoms with van der Waals surface area (Å²) >= 11 is 3.53. The molecule has 0 saturated carbocycles. The Morgan fingerprint density at radius 3 is 2.73 bits per heavy atom. The van der Waals surface area contributed by atoms with Gasteiger partial charge in [0, 0.05) is 15.6 Å². The number of para-hydroxylation sites is 1. The van der Waals surface area contributed by atoms with E-state index in [-0.39, 0.29) is 0 Å². The first-order valence-electron chi connectivity index (χ1n) is 7.97. The van der Waals surface area contributed by atoms with Crippen LogP contribution in [0, 0.1) is 6.92 Å². The van der Waals surface area contributed by atoms with Gasteiger partial charge in [0.1, 0.15) is 6.61 Å². The average Bonchev–Trinajstić information content (AvgIpc) is 2.96. The Morgan fingerprint density at radius 2 is 2.04 bits per heavy atom. The molecule has 6 nitrogen and oxygen atoms in total. The van der Waals surface area contributed by atoms with Gasteiger partial charge in [-0.3, -0.25) is 0 Å². The van der Waals surface area contributed by atoms with Gasteiger partial charge in [-0.1, -0.05) is 40.2 Å². The van der Waals surface area contributed by atoms with Gasteiger partial charge in [0.2, 0.25) is 5.95 Å². The van der Waals surface area contributed by atoms with Gasteiger partial charge in [-0.2, -0.15) is 5.10 Å². The number of nitrogen functional groups attached to an aromatic ring is 1. The highest BCUT2D eigenvalue weighted by Crippen LogP contribution is 2.31. The van der Waals surface area contributed by atoms with Crippen LogP contribution in [0.25, 0.3) is 0 Å². The molecule has 0 aliphatic carbocycles. The van der Waals surface area contributed by atoms with Crippen molar-refractivity contribution in [3.05, 3.63) is 70.0 Å². The summed E-state index contributed by atoms with van der Waals surface area (Å²) in [4.78, 5) is 4.13. The van der Waals surface area contributed by atoms with Crippen molar-refractivity contribution < 1.29 is 9.47 Å². The van der Waals surface area contributed by atoms with Crippen molar-refractivity contribution in [2.45, 2.75) is 13.5 Å². The summed E-state index contributed by atoms with van der Waals surface area (Å²) in [6, 6.07) is 13.6. The molecule has 2 N–H and O–H groups in total. The van der Waals surface area contributed by atoms with Crippen molar-refractivity contribution in [2.24, 2.45) is 5.10 Å². The second-order valence-electron chi connectivity index (χ2n) is 5.59. The Bertz CT molecular complexity index is 937. The normalized spacial score (nSPS) is 11.0. The van der Waals surface area contributed by atoms with Gasteiger partial charge in [0.25, 0.3) is 0 Å². The molecule has 0 aliphatic rings. The number of methoxy groups -OCH3 is 1. The van der Waals surface area contributed by atoms with E-state index in [9.17, 15) is 0 Å². The molecule has 0 unspecified atom stereocenters. The van der Waals surface area contributed by atoms with Gasteiger partial charge in [-0.15, -0.1) is 0 Å². The number of rotatable bonds is 6. The number of nitrogens with zero attached hydrogens (tertiary/aromatic N) is 3. The second kappa shape index (κ2) is 8.05. The number of anilines is 1. The topological polar surface area (TPSA) is 74.7 Å². The molecule has 0 aliphatic heterocycles. The Morgan fingerprint density at radius 1 is 1.23 bits per heavy atom. The maximum Gasteiger partial charge on any atom is 0.221 e. The van der Waals surface area contributed by atoms with Gasteiger partial charge in [0.05, 0.1) is 25.2 Å². The minimum atomic E-state index is 0.331. The molecule has 7 heteroatoms. The van der Waals surface area contributed by atoms with Gasteiger partial charge in [-0.25, -0.2) is 9.66 Å². The average molecular weight is 415 g/mol. The van der Waals surface area contributed by atoms with Gasteiger partial charge >= 0.3 is 0 Å². The highest BCUT2D eigenvalue weighted by atomic mass is 79.9. The molecule has 0 bridgehead atoms. The maximum absolute atomic E-state index is 6.05. The number of halogens is 1. The minimum absolute atomic E-state index is 0.331. The number of nitrogens with two attached hydrogens (primary N) is 1. The fourth-order valence-corrected chi connectivity index (χ4v) is 2.84. The molecule has 2 aromatic carbocycles. The number of imidazole rings is 1. The van der Waals surface area contributed by atoms with Crippen LogP contribution in [-0.2, 0) is 6.61 Å². The Labute approximate surface area is 160 Å². The fourth-order valence-electron chi connectivity index (χ4n) is 2.44. The van der Waals surface area contributed by atoms with E-state index in [1.807, 2.05) is 49.4 Å². The smallest absolute Gasteiger partial charge is 0.221 e. The number of ether oxygens (including phenoxy) is 2. The first-order valence-corrected chi connectivity index (χ1v) is 8.77. The van der Waals surface area contributed by atoms with Crippen LogP contribution in [0.2, 0.25) is 0 Å². The number of hydrogen-bond acceptors (Lipinski definition) is 5. The standard InChI is InChI=1S/C19H19BrN4O2/c1-13-11-24(19(21)23-13)22-10-14-7-5-9-17(25-2)18(14)26-12-15-6-3-4-8-16(15)20/h3-11H,12H2,1-2H3,(H2,21,23). The number of hydrogen-bond donors (Lipinski definition) is 1.